The fraction of sp³-hybridized carbons (Fsp3) is 0.150. The molecule has 136 valence electrons. The number of thiophene rings is 2. The van der Waals surface area contributed by atoms with Crippen molar-refractivity contribution in [2.24, 2.45) is 5.73 Å². The second kappa shape index (κ2) is 6.75. The van der Waals surface area contributed by atoms with Gasteiger partial charge in [0, 0.05) is 20.9 Å². The van der Waals surface area contributed by atoms with Crippen LogP contribution in [0.1, 0.15) is 17.8 Å². The normalized spacial score (nSPS) is 12.4. The number of rotatable bonds is 4. The first-order valence-corrected chi connectivity index (χ1v) is 10.1. The predicted octanol–water partition coefficient (Wildman–Crippen LogP) is 4.21. The number of primary amides is 1. The Labute approximate surface area is 163 Å². The monoisotopic (exact) mass is 395 g/mol. The molecule has 4 rings (SSSR count). The largest absolute Gasteiger partial charge is 0.368 e. The summed E-state index contributed by atoms with van der Waals surface area (Å²) in [5, 5.41) is 2.53. The Hall–Kier alpha value is -2.77. The van der Waals surface area contributed by atoms with E-state index in [-0.39, 0.29) is 5.56 Å². The minimum atomic E-state index is -0.805. The van der Waals surface area contributed by atoms with Gasteiger partial charge in [0.15, 0.2) is 0 Å². The number of benzene rings is 1. The van der Waals surface area contributed by atoms with Crippen molar-refractivity contribution in [3.8, 4) is 21.8 Å². The molecule has 0 radical (unpaired) electrons. The van der Waals surface area contributed by atoms with Crippen LogP contribution in [0.5, 0.6) is 0 Å². The topological polar surface area (TPSA) is 78.0 Å². The highest BCUT2D eigenvalue weighted by molar-refractivity contribution is 7.20. The Kier molecular flexibility index (Phi) is 4.41. The van der Waals surface area contributed by atoms with E-state index >= 15 is 0 Å². The van der Waals surface area contributed by atoms with Gasteiger partial charge in [0.2, 0.25) is 5.91 Å². The first kappa shape index (κ1) is 17.6. The molecule has 1 aromatic carbocycles. The lowest BCUT2D eigenvalue weighted by Gasteiger charge is -2.17. The number of nitrogens with two attached hydrogens (primary N) is 1. The summed E-state index contributed by atoms with van der Waals surface area (Å²) in [5.74, 6) is -0.113. The van der Waals surface area contributed by atoms with E-state index in [0.717, 1.165) is 20.9 Å². The zero-order valence-corrected chi connectivity index (χ0v) is 16.4. The van der Waals surface area contributed by atoms with Gasteiger partial charge in [-0.15, -0.1) is 22.7 Å². The Bertz CT molecular complexity index is 1190. The second-order valence-corrected chi connectivity index (χ2v) is 8.40. The molecule has 3 heterocycles. The SMILES string of the molecule is Cc1sc2nc(-c3ccccc3)n(C(C)C(N)=O)c(=O)c2c1-c1cccs1. The summed E-state index contributed by atoms with van der Waals surface area (Å²) in [6, 6.07) is 12.5. The molecule has 0 aliphatic carbocycles. The maximum atomic E-state index is 13.5. The van der Waals surface area contributed by atoms with Gasteiger partial charge in [-0.2, -0.15) is 0 Å². The van der Waals surface area contributed by atoms with Crippen LogP contribution in [0, 0.1) is 6.92 Å². The lowest BCUT2D eigenvalue weighted by Crippen LogP contribution is -2.33. The summed E-state index contributed by atoms with van der Waals surface area (Å²) in [5.41, 5.74) is 6.97. The molecular weight excluding hydrogens is 378 g/mol. The summed E-state index contributed by atoms with van der Waals surface area (Å²) in [6.07, 6.45) is 0. The third-order valence-corrected chi connectivity index (χ3v) is 6.42. The summed E-state index contributed by atoms with van der Waals surface area (Å²) in [4.78, 5) is 33.0. The van der Waals surface area contributed by atoms with Gasteiger partial charge in [-0.25, -0.2) is 4.98 Å². The van der Waals surface area contributed by atoms with E-state index in [1.54, 1.807) is 18.3 Å². The van der Waals surface area contributed by atoms with Crippen molar-refractivity contribution in [3.05, 3.63) is 63.1 Å². The van der Waals surface area contributed by atoms with Crippen molar-refractivity contribution < 1.29 is 4.79 Å². The van der Waals surface area contributed by atoms with Crippen LogP contribution in [0.3, 0.4) is 0 Å². The molecule has 0 saturated heterocycles. The van der Waals surface area contributed by atoms with E-state index < -0.39 is 11.9 Å². The molecule has 1 amide bonds. The van der Waals surface area contributed by atoms with Gasteiger partial charge in [-0.05, 0) is 25.3 Å². The van der Waals surface area contributed by atoms with E-state index in [2.05, 4.69) is 0 Å². The number of amides is 1. The highest BCUT2D eigenvalue weighted by Gasteiger charge is 2.25. The number of aromatic nitrogens is 2. The number of nitrogens with zero attached hydrogens (tertiary/aromatic N) is 2. The van der Waals surface area contributed by atoms with Crippen molar-refractivity contribution >= 4 is 38.8 Å². The molecule has 27 heavy (non-hydrogen) atoms. The molecule has 0 bridgehead atoms. The van der Waals surface area contributed by atoms with Crippen molar-refractivity contribution in [1.82, 2.24) is 9.55 Å². The van der Waals surface area contributed by atoms with Crippen LogP contribution in [0.25, 0.3) is 32.0 Å². The van der Waals surface area contributed by atoms with E-state index in [1.807, 2.05) is 54.8 Å². The molecule has 0 aliphatic heterocycles. The minimum absolute atomic E-state index is 0.238. The van der Waals surface area contributed by atoms with Gasteiger partial charge in [0.1, 0.15) is 16.7 Å². The molecule has 5 nitrogen and oxygen atoms in total. The van der Waals surface area contributed by atoms with Crippen LogP contribution >= 0.6 is 22.7 Å². The number of hydrogen-bond donors (Lipinski definition) is 1. The molecule has 0 fully saturated rings. The molecule has 0 aliphatic rings. The number of hydrogen-bond acceptors (Lipinski definition) is 5. The smallest absolute Gasteiger partial charge is 0.263 e. The first-order valence-electron chi connectivity index (χ1n) is 8.43. The Morgan fingerprint density at radius 2 is 1.93 bits per heavy atom. The standard InChI is InChI=1S/C20H17N3O2S2/c1-11(17(21)24)23-18(13-7-4-3-5-8-13)22-19-16(20(23)25)15(12(2)27-19)14-9-6-10-26-14/h3-11H,1-2H3,(H2,21,24). The van der Waals surface area contributed by atoms with E-state index in [4.69, 9.17) is 10.7 Å². The molecule has 1 atom stereocenters. The maximum absolute atomic E-state index is 13.5. The van der Waals surface area contributed by atoms with Crippen LogP contribution in [-0.4, -0.2) is 15.5 Å². The average molecular weight is 396 g/mol. The zero-order valence-electron chi connectivity index (χ0n) is 14.8. The third kappa shape index (κ3) is 2.89. The molecule has 4 aromatic rings. The van der Waals surface area contributed by atoms with Crippen molar-refractivity contribution in [1.29, 1.82) is 0 Å². The van der Waals surface area contributed by atoms with Crippen LogP contribution < -0.4 is 11.3 Å². The number of carbonyl (C=O) groups is 1. The Morgan fingerprint density at radius 1 is 1.19 bits per heavy atom. The number of fused-ring (bicyclic) bond motifs is 1. The van der Waals surface area contributed by atoms with Crippen molar-refractivity contribution in [3.63, 3.8) is 0 Å². The van der Waals surface area contributed by atoms with Crippen molar-refractivity contribution in [2.75, 3.05) is 0 Å². The fourth-order valence-electron chi connectivity index (χ4n) is 3.17. The summed E-state index contributed by atoms with van der Waals surface area (Å²) < 4.78 is 1.42. The van der Waals surface area contributed by atoms with E-state index in [9.17, 15) is 9.59 Å². The van der Waals surface area contributed by atoms with Gasteiger partial charge in [-0.3, -0.25) is 14.2 Å². The molecule has 7 heteroatoms. The Morgan fingerprint density at radius 3 is 2.56 bits per heavy atom. The Balaban J connectivity index is 2.12. The lowest BCUT2D eigenvalue weighted by molar-refractivity contribution is -0.120. The fourth-order valence-corrected chi connectivity index (χ4v) is 5.09. The second-order valence-electron chi connectivity index (χ2n) is 6.25. The molecule has 0 spiro atoms. The maximum Gasteiger partial charge on any atom is 0.263 e. The average Bonchev–Trinajstić information content (AvgIpc) is 3.28. The quantitative estimate of drug-likeness (QED) is 0.562. The zero-order chi connectivity index (χ0) is 19.1. The van der Waals surface area contributed by atoms with Crippen LogP contribution in [0.4, 0.5) is 0 Å². The minimum Gasteiger partial charge on any atom is -0.368 e. The molecule has 1 unspecified atom stereocenters. The van der Waals surface area contributed by atoms with E-state index in [1.165, 1.54) is 15.9 Å². The molecule has 3 aromatic heterocycles. The predicted molar refractivity (Wildman–Crippen MR) is 111 cm³/mol. The van der Waals surface area contributed by atoms with Gasteiger partial charge in [0.05, 0.1) is 5.39 Å². The molecular formula is C20H17N3O2S2. The van der Waals surface area contributed by atoms with Gasteiger partial charge in [-0.1, -0.05) is 36.4 Å². The molecule has 0 saturated carbocycles. The molecule has 2 N–H and O–H groups in total. The van der Waals surface area contributed by atoms with Crippen molar-refractivity contribution in [2.45, 2.75) is 19.9 Å². The first-order chi connectivity index (χ1) is 13.0. The van der Waals surface area contributed by atoms with Gasteiger partial charge in [0.25, 0.3) is 5.56 Å². The number of carbonyl (C=O) groups excluding carboxylic acids is 1. The summed E-state index contributed by atoms with van der Waals surface area (Å²) >= 11 is 3.07. The van der Waals surface area contributed by atoms with Crippen LogP contribution in [0.2, 0.25) is 0 Å². The van der Waals surface area contributed by atoms with Crippen LogP contribution in [-0.2, 0) is 4.79 Å². The highest BCUT2D eigenvalue weighted by Crippen LogP contribution is 2.38. The van der Waals surface area contributed by atoms with Crippen LogP contribution in [0.15, 0.2) is 52.6 Å². The summed E-state index contributed by atoms with van der Waals surface area (Å²) in [7, 11) is 0. The van der Waals surface area contributed by atoms with Gasteiger partial charge < -0.3 is 5.73 Å². The lowest BCUT2D eigenvalue weighted by atomic mass is 10.1. The van der Waals surface area contributed by atoms with E-state index in [0.29, 0.717) is 16.0 Å². The highest BCUT2D eigenvalue weighted by atomic mass is 32.1. The summed E-state index contributed by atoms with van der Waals surface area (Å²) in [6.45, 7) is 3.62. The number of aryl methyl sites for hydroxylation is 1. The van der Waals surface area contributed by atoms with Gasteiger partial charge >= 0.3 is 0 Å². The third-order valence-electron chi connectivity index (χ3n) is 4.53.